The van der Waals surface area contributed by atoms with Gasteiger partial charge in [0.05, 0.1) is 0 Å². The fraction of sp³-hybridized carbons (Fsp3) is 0.611. The molecule has 1 fully saturated rings. The first-order chi connectivity index (χ1) is 11.8. The number of nitrogens with one attached hydrogen (secondary N) is 2. The fourth-order valence-electron chi connectivity index (χ4n) is 2.55. The maximum absolute atomic E-state index is 12.9. The third-order valence-corrected chi connectivity index (χ3v) is 4.05. The lowest BCUT2D eigenvalue weighted by Crippen LogP contribution is -2.37. The summed E-state index contributed by atoms with van der Waals surface area (Å²) in [6.45, 7) is 4.73. The molecule has 1 aliphatic heterocycles. The molecule has 0 atom stereocenters. The topological polar surface area (TPSA) is 54.9 Å². The molecule has 0 bridgehead atoms. The third kappa shape index (κ3) is 9.37. The molecule has 1 heterocycles. The van der Waals surface area contributed by atoms with E-state index in [1.54, 1.807) is 19.2 Å². The summed E-state index contributed by atoms with van der Waals surface area (Å²) in [5, 5.41) is 6.46. The Kier molecular flexibility index (Phi) is 11.8. The minimum absolute atomic E-state index is 0. The summed E-state index contributed by atoms with van der Waals surface area (Å²) in [7, 11) is 1.74. The van der Waals surface area contributed by atoms with Gasteiger partial charge in [0.25, 0.3) is 0 Å². The molecular weight excluding hydrogens is 436 g/mol. The molecule has 1 saturated heterocycles. The van der Waals surface area contributed by atoms with Crippen LogP contribution in [0.3, 0.4) is 0 Å². The van der Waals surface area contributed by atoms with Crippen molar-refractivity contribution in [3.63, 3.8) is 0 Å². The van der Waals surface area contributed by atoms with E-state index in [1.807, 2.05) is 0 Å². The first kappa shape index (κ1) is 22.1. The SMILES string of the molecule is CN=C(NCCCOCC1CCOCC1)NCc1ccc(F)cc1.I. The quantitative estimate of drug-likeness (QED) is 0.268. The maximum atomic E-state index is 12.9. The summed E-state index contributed by atoms with van der Waals surface area (Å²) in [6.07, 6.45) is 3.15. The minimum atomic E-state index is -0.220. The Bertz CT molecular complexity index is 494. The summed E-state index contributed by atoms with van der Waals surface area (Å²) < 4.78 is 23.9. The van der Waals surface area contributed by atoms with Gasteiger partial charge < -0.3 is 20.1 Å². The van der Waals surface area contributed by atoms with Crippen molar-refractivity contribution in [2.45, 2.75) is 25.8 Å². The van der Waals surface area contributed by atoms with E-state index in [0.29, 0.717) is 12.5 Å². The minimum Gasteiger partial charge on any atom is -0.381 e. The van der Waals surface area contributed by atoms with Gasteiger partial charge in [0.15, 0.2) is 5.96 Å². The van der Waals surface area contributed by atoms with Gasteiger partial charge in [-0.15, -0.1) is 24.0 Å². The predicted molar refractivity (Wildman–Crippen MR) is 109 cm³/mol. The second-order valence-corrected chi connectivity index (χ2v) is 5.96. The number of halogens is 2. The number of rotatable bonds is 8. The van der Waals surface area contributed by atoms with Gasteiger partial charge in [0.1, 0.15) is 5.82 Å². The average molecular weight is 465 g/mol. The summed E-state index contributed by atoms with van der Waals surface area (Å²) in [4.78, 5) is 4.18. The second kappa shape index (κ2) is 13.3. The van der Waals surface area contributed by atoms with Crippen LogP contribution in [0.5, 0.6) is 0 Å². The zero-order valence-corrected chi connectivity index (χ0v) is 17.1. The highest BCUT2D eigenvalue weighted by molar-refractivity contribution is 14.0. The first-order valence-electron chi connectivity index (χ1n) is 8.62. The first-order valence-corrected chi connectivity index (χ1v) is 8.62. The molecule has 1 aromatic carbocycles. The number of guanidine groups is 1. The van der Waals surface area contributed by atoms with Gasteiger partial charge in [-0.2, -0.15) is 0 Å². The van der Waals surface area contributed by atoms with Crippen LogP contribution >= 0.6 is 24.0 Å². The number of aliphatic imine (C=N–C) groups is 1. The number of hydrogen-bond donors (Lipinski definition) is 2. The van der Waals surface area contributed by atoms with Crippen LogP contribution < -0.4 is 10.6 Å². The lowest BCUT2D eigenvalue weighted by atomic mass is 10.0. The molecule has 0 aliphatic carbocycles. The third-order valence-electron chi connectivity index (χ3n) is 4.05. The standard InChI is InChI=1S/C18H28FN3O2.HI/c1-20-18(22-13-15-3-5-17(19)6-4-15)21-9-2-10-24-14-16-7-11-23-12-8-16;/h3-6,16H,2,7-14H2,1H3,(H2,20,21,22);1H. The van der Waals surface area contributed by atoms with Gasteiger partial charge in [-0.1, -0.05) is 12.1 Å². The van der Waals surface area contributed by atoms with Crippen molar-refractivity contribution in [1.82, 2.24) is 10.6 Å². The molecule has 0 saturated carbocycles. The van der Waals surface area contributed by atoms with Gasteiger partial charge in [0.2, 0.25) is 0 Å². The number of ether oxygens (including phenoxy) is 2. The summed E-state index contributed by atoms with van der Waals surface area (Å²) >= 11 is 0. The van der Waals surface area contributed by atoms with Gasteiger partial charge in [-0.25, -0.2) is 4.39 Å². The molecule has 1 aromatic rings. The maximum Gasteiger partial charge on any atom is 0.191 e. The summed E-state index contributed by atoms with van der Waals surface area (Å²) in [6, 6.07) is 6.45. The van der Waals surface area contributed by atoms with Crippen molar-refractivity contribution in [1.29, 1.82) is 0 Å². The number of hydrogen-bond acceptors (Lipinski definition) is 3. The highest BCUT2D eigenvalue weighted by Gasteiger charge is 2.13. The monoisotopic (exact) mass is 465 g/mol. The Balaban J connectivity index is 0.00000312. The smallest absolute Gasteiger partial charge is 0.191 e. The molecule has 2 N–H and O–H groups in total. The van der Waals surface area contributed by atoms with Crippen molar-refractivity contribution in [3.05, 3.63) is 35.6 Å². The van der Waals surface area contributed by atoms with Crippen LogP contribution in [-0.4, -0.2) is 46.0 Å². The second-order valence-electron chi connectivity index (χ2n) is 5.96. The lowest BCUT2D eigenvalue weighted by molar-refractivity contribution is 0.0203. The fourth-order valence-corrected chi connectivity index (χ4v) is 2.55. The normalized spacial score (nSPS) is 15.5. The molecule has 0 amide bonds. The van der Waals surface area contributed by atoms with Crippen molar-refractivity contribution in [2.24, 2.45) is 10.9 Å². The Hall–Kier alpha value is -0.930. The van der Waals surface area contributed by atoms with Crippen LogP contribution in [0.15, 0.2) is 29.3 Å². The van der Waals surface area contributed by atoms with E-state index in [9.17, 15) is 4.39 Å². The molecule has 0 aromatic heterocycles. The lowest BCUT2D eigenvalue weighted by Gasteiger charge is -2.21. The van der Waals surface area contributed by atoms with Crippen molar-refractivity contribution in [2.75, 3.05) is 40.0 Å². The van der Waals surface area contributed by atoms with E-state index in [2.05, 4.69) is 15.6 Å². The van der Waals surface area contributed by atoms with E-state index in [-0.39, 0.29) is 29.8 Å². The summed E-state index contributed by atoms with van der Waals surface area (Å²) in [5.74, 6) is 1.17. The molecule has 7 heteroatoms. The zero-order valence-electron chi connectivity index (χ0n) is 14.8. The molecule has 0 radical (unpaired) electrons. The highest BCUT2D eigenvalue weighted by Crippen LogP contribution is 2.14. The Morgan fingerprint density at radius 1 is 1.24 bits per heavy atom. The van der Waals surface area contributed by atoms with Crippen molar-refractivity contribution < 1.29 is 13.9 Å². The van der Waals surface area contributed by atoms with Gasteiger partial charge >= 0.3 is 0 Å². The molecular formula is C18H29FIN3O2. The molecule has 142 valence electrons. The largest absolute Gasteiger partial charge is 0.381 e. The van der Waals surface area contributed by atoms with Gasteiger partial charge in [-0.3, -0.25) is 4.99 Å². The van der Waals surface area contributed by atoms with Gasteiger partial charge in [-0.05, 0) is 42.9 Å². The van der Waals surface area contributed by atoms with Crippen LogP contribution in [0.2, 0.25) is 0 Å². The van der Waals surface area contributed by atoms with Crippen LogP contribution in [-0.2, 0) is 16.0 Å². The molecule has 1 aliphatic rings. The Morgan fingerprint density at radius 2 is 1.96 bits per heavy atom. The van der Waals surface area contributed by atoms with E-state index < -0.39 is 0 Å². The zero-order chi connectivity index (χ0) is 17.0. The van der Waals surface area contributed by atoms with Crippen LogP contribution in [0.4, 0.5) is 4.39 Å². The van der Waals surface area contributed by atoms with E-state index >= 15 is 0 Å². The average Bonchev–Trinajstić information content (AvgIpc) is 2.63. The predicted octanol–water partition coefficient (Wildman–Crippen LogP) is 2.94. The number of benzene rings is 1. The Morgan fingerprint density at radius 3 is 2.64 bits per heavy atom. The van der Waals surface area contributed by atoms with Crippen molar-refractivity contribution in [3.8, 4) is 0 Å². The van der Waals surface area contributed by atoms with Crippen LogP contribution in [0.25, 0.3) is 0 Å². The van der Waals surface area contributed by atoms with Crippen LogP contribution in [0, 0.1) is 11.7 Å². The van der Waals surface area contributed by atoms with E-state index in [4.69, 9.17) is 9.47 Å². The molecule has 2 rings (SSSR count). The van der Waals surface area contributed by atoms with Crippen LogP contribution in [0.1, 0.15) is 24.8 Å². The highest BCUT2D eigenvalue weighted by atomic mass is 127. The molecule has 25 heavy (non-hydrogen) atoms. The van der Waals surface area contributed by atoms with E-state index in [1.165, 1.54) is 12.1 Å². The molecule has 5 nitrogen and oxygen atoms in total. The summed E-state index contributed by atoms with van der Waals surface area (Å²) in [5.41, 5.74) is 1.01. The van der Waals surface area contributed by atoms with Crippen molar-refractivity contribution >= 4 is 29.9 Å². The van der Waals surface area contributed by atoms with E-state index in [0.717, 1.165) is 63.8 Å². The molecule has 0 spiro atoms. The molecule has 0 unspecified atom stereocenters. The Labute approximate surface area is 166 Å². The van der Waals surface area contributed by atoms with Gasteiger partial charge in [0, 0.05) is 46.6 Å². The number of nitrogens with zero attached hydrogens (tertiary/aromatic N) is 1.